The van der Waals surface area contributed by atoms with Crippen LogP contribution >= 0.6 is 0 Å². The Morgan fingerprint density at radius 2 is 1.38 bits per heavy atom. The van der Waals surface area contributed by atoms with Crippen LogP contribution in [0.3, 0.4) is 0 Å². The molecule has 0 aromatic heterocycles. The van der Waals surface area contributed by atoms with E-state index in [2.05, 4.69) is 0 Å². The van der Waals surface area contributed by atoms with E-state index in [0.29, 0.717) is 32.8 Å². The summed E-state index contributed by atoms with van der Waals surface area (Å²) in [6, 6.07) is 25.4. The number of methoxy groups -OCH3 is 3. The van der Waals surface area contributed by atoms with Crippen molar-refractivity contribution in [1.82, 2.24) is 0 Å². The van der Waals surface area contributed by atoms with Crippen molar-refractivity contribution in [2.75, 3.05) is 27.9 Å². The van der Waals surface area contributed by atoms with Gasteiger partial charge in [-0.1, -0.05) is 80.6 Å². The Morgan fingerprint density at radius 3 is 1.96 bits per heavy atom. The molecular weight excluding hydrogens is 612 g/mol. The van der Waals surface area contributed by atoms with Crippen molar-refractivity contribution >= 4 is 0 Å². The third kappa shape index (κ3) is 9.89. The Morgan fingerprint density at radius 1 is 0.812 bits per heavy atom. The number of aliphatic hydroxyl groups excluding tert-OH is 2. The minimum Gasteiger partial charge on any atom is -0.497 e. The first-order valence-electron chi connectivity index (χ1n) is 16.5. The van der Waals surface area contributed by atoms with Gasteiger partial charge >= 0.3 is 0 Å². The Hall–Kier alpha value is -3.28. The van der Waals surface area contributed by atoms with Crippen molar-refractivity contribution in [2.45, 2.75) is 89.7 Å². The molecule has 0 radical (unpaired) electrons. The highest BCUT2D eigenvalue weighted by molar-refractivity contribution is 5.27. The number of rotatable bonds is 18. The Kier molecular flexibility index (Phi) is 14.0. The van der Waals surface area contributed by atoms with Gasteiger partial charge in [-0.3, -0.25) is 0 Å². The molecule has 4 rings (SSSR count). The van der Waals surface area contributed by atoms with Crippen LogP contribution in [-0.2, 0) is 43.5 Å². The van der Waals surface area contributed by atoms with E-state index in [1.807, 2.05) is 112 Å². The van der Waals surface area contributed by atoms with Crippen LogP contribution in [0, 0.1) is 5.41 Å². The average molecular weight is 665 g/mol. The van der Waals surface area contributed by atoms with Crippen LogP contribution in [-0.4, -0.2) is 74.5 Å². The van der Waals surface area contributed by atoms with E-state index in [-0.39, 0.29) is 18.6 Å². The third-order valence-corrected chi connectivity index (χ3v) is 8.98. The lowest BCUT2D eigenvalue weighted by Gasteiger charge is -2.53. The second-order valence-corrected chi connectivity index (χ2v) is 12.8. The molecule has 1 aliphatic rings. The maximum atomic E-state index is 11.3. The van der Waals surface area contributed by atoms with E-state index < -0.39 is 29.5 Å². The van der Waals surface area contributed by atoms with E-state index >= 15 is 0 Å². The smallest absolute Gasteiger partial charge is 0.205 e. The summed E-state index contributed by atoms with van der Waals surface area (Å²) in [5.41, 5.74) is 2.23. The Labute approximate surface area is 285 Å². The van der Waals surface area contributed by atoms with Gasteiger partial charge in [-0.15, -0.1) is 0 Å². The summed E-state index contributed by atoms with van der Waals surface area (Å²) in [6.45, 7) is 7.37. The topological polar surface area (TPSA) is 105 Å². The Balaban J connectivity index is 1.45. The van der Waals surface area contributed by atoms with Crippen LogP contribution in [0.4, 0.5) is 0 Å². The summed E-state index contributed by atoms with van der Waals surface area (Å²) in [5, 5.41) is 22.5. The molecule has 0 bridgehead atoms. The minimum atomic E-state index is -1.53. The molecule has 1 heterocycles. The van der Waals surface area contributed by atoms with Gasteiger partial charge in [0, 0.05) is 25.4 Å². The Bertz CT molecular complexity index is 1380. The standard InChI is InChI=1S/C39H52O9/c1-28(46-26-29-11-8-7-9-12-29)36(47-27-31-15-19-33(43-5)20-16-31)24-34-23-35(40)37(41)39(44-6,48-34)38(2,3)21-10-22-45-25-30-13-17-32(42-4)18-14-30/h7-21,28,34-37,40-41H,22-27H2,1-6H3/t28?,34-,35-,36?,37-,39+/m0/s1. The highest BCUT2D eigenvalue weighted by atomic mass is 16.7. The highest BCUT2D eigenvalue weighted by Gasteiger charge is 2.58. The molecule has 1 saturated heterocycles. The van der Waals surface area contributed by atoms with E-state index in [1.165, 1.54) is 7.11 Å². The van der Waals surface area contributed by atoms with E-state index in [4.69, 9.17) is 33.2 Å². The predicted octanol–water partition coefficient (Wildman–Crippen LogP) is 6.24. The van der Waals surface area contributed by atoms with Gasteiger partial charge in [-0.05, 0) is 47.9 Å². The zero-order chi connectivity index (χ0) is 34.6. The largest absolute Gasteiger partial charge is 0.497 e. The number of hydrogen-bond donors (Lipinski definition) is 2. The van der Waals surface area contributed by atoms with Crippen LogP contribution in [0.5, 0.6) is 11.5 Å². The van der Waals surface area contributed by atoms with Crippen molar-refractivity contribution in [3.05, 3.63) is 108 Å². The molecule has 0 amide bonds. The van der Waals surface area contributed by atoms with E-state index in [9.17, 15) is 10.2 Å². The molecule has 3 aromatic rings. The van der Waals surface area contributed by atoms with Gasteiger partial charge in [0.05, 0.1) is 65.1 Å². The summed E-state index contributed by atoms with van der Waals surface area (Å²) in [7, 11) is 4.77. The lowest BCUT2D eigenvalue weighted by Crippen LogP contribution is -2.65. The van der Waals surface area contributed by atoms with Crippen LogP contribution in [0.2, 0.25) is 0 Å². The second kappa shape index (κ2) is 17.9. The fraction of sp³-hybridized carbons (Fsp3) is 0.487. The van der Waals surface area contributed by atoms with Gasteiger partial charge in [-0.25, -0.2) is 0 Å². The molecule has 1 fully saturated rings. The molecule has 0 aliphatic carbocycles. The van der Waals surface area contributed by atoms with E-state index in [1.54, 1.807) is 14.2 Å². The molecular formula is C39H52O9. The van der Waals surface area contributed by atoms with Crippen LogP contribution in [0.1, 0.15) is 50.3 Å². The number of benzene rings is 3. The number of hydrogen-bond acceptors (Lipinski definition) is 9. The molecule has 3 aromatic carbocycles. The van der Waals surface area contributed by atoms with Crippen molar-refractivity contribution in [1.29, 1.82) is 0 Å². The first-order valence-corrected chi connectivity index (χ1v) is 16.5. The highest BCUT2D eigenvalue weighted by Crippen LogP contribution is 2.45. The number of aliphatic hydroxyl groups is 2. The maximum Gasteiger partial charge on any atom is 0.205 e. The van der Waals surface area contributed by atoms with Crippen molar-refractivity contribution < 1.29 is 43.4 Å². The fourth-order valence-corrected chi connectivity index (χ4v) is 6.04. The lowest BCUT2D eigenvalue weighted by atomic mass is 9.75. The average Bonchev–Trinajstić information content (AvgIpc) is 3.11. The van der Waals surface area contributed by atoms with Gasteiger partial charge in [0.25, 0.3) is 0 Å². The van der Waals surface area contributed by atoms with Crippen LogP contribution in [0.15, 0.2) is 91.0 Å². The molecule has 0 spiro atoms. The fourth-order valence-electron chi connectivity index (χ4n) is 6.04. The van der Waals surface area contributed by atoms with Crippen LogP contribution in [0.25, 0.3) is 0 Å². The SMILES string of the molecule is COc1ccc(COCC=CC(C)(C)[C@]2(OC)O[C@H](CC(OCc3ccc(OC)cc3)C(C)OCc3ccccc3)C[C@H](O)[C@@H]2O)cc1. The van der Waals surface area contributed by atoms with Crippen LogP contribution < -0.4 is 9.47 Å². The third-order valence-electron chi connectivity index (χ3n) is 8.98. The summed E-state index contributed by atoms with van der Waals surface area (Å²) in [6.07, 6.45) is 0.867. The molecule has 9 nitrogen and oxygen atoms in total. The normalized spacial score (nSPS) is 22.8. The zero-order valence-corrected chi connectivity index (χ0v) is 29.0. The first kappa shape index (κ1) is 37.5. The quantitative estimate of drug-likeness (QED) is 0.121. The second-order valence-electron chi connectivity index (χ2n) is 12.8. The summed E-state index contributed by atoms with van der Waals surface area (Å²) in [4.78, 5) is 0. The van der Waals surface area contributed by atoms with Gasteiger partial charge in [0.2, 0.25) is 5.79 Å². The predicted molar refractivity (Wildman–Crippen MR) is 184 cm³/mol. The summed E-state index contributed by atoms with van der Waals surface area (Å²) >= 11 is 0. The monoisotopic (exact) mass is 664 g/mol. The molecule has 262 valence electrons. The minimum absolute atomic E-state index is 0.213. The molecule has 0 saturated carbocycles. The van der Waals surface area contributed by atoms with E-state index in [0.717, 1.165) is 28.2 Å². The number of ether oxygens (including phenoxy) is 7. The van der Waals surface area contributed by atoms with Gasteiger partial charge in [-0.2, -0.15) is 0 Å². The van der Waals surface area contributed by atoms with Gasteiger partial charge in [0.1, 0.15) is 17.6 Å². The zero-order valence-electron chi connectivity index (χ0n) is 29.0. The molecule has 6 atom stereocenters. The maximum absolute atomic E-state index is 11.3. The van der Waals surface area contributed by atoms with Crippen molar-refractivity contribution in [2.24, 2.45) is 5.41 Å². The molecule has 2 unspecified atom stereocenters. The first-order chi connectivity index (χ1) is 23.1. The lowest BCUT2D eigenvalue weighted by molar-refractivity contribution is -0.367. The molecule has 48 heavy (non-hydrogen) atoms. The summed E-state index contributed by atoms with van der Waals surface area (Å²) < 4.78 is 41.8. The molecule has 9 heteroatoms. The van der Waals surface area contributed by atoms with Gasteiger partial charge < -0.3 is 43.4 Å². The molecule has 2 N–H and O–H groups in total. The van der Waals surface area contributed by atoms with Gasteiger partial charge in [0.15, 0.2) is 0 Å². The van der Waals surface area contributed by atoms with Crippen molar-refractivity contribution in [3.8, 4) is 11.5 Å². The molecule has 1 aliphatic heterocycles. The summed E-state index contributed by atoms with van der Waals surface area (Å²) in [5.74, 6) is 0.0340. The van der Waals surface area contributed by atoms with Crippen molar-refractivity contribution in [3.63, 3.8) is 0 Å².